The lowest BCUT2D eigenvalue weighted by atomic mass is 9.88. The maximum absolute atomic E-state index is 13.6. The highest BCUT2D eigenvalue weighted by Crippen LogP contribution is 2.39. The molecule has 6 heteroatoms. The fourth-order valence-electron chi connectivity index (χ4n) is 4.07. The summed E-state index contributed by atoms with van der Waals surface area (Å²) < 4.78 is 14.3. The average molecular weight is 506 g/mol. The molecule has 1 atom stereocenters. The summed E-state index contributed by atoms with van der Waals surface area (Å²) in [4.78, 5) is 16.3. The number of halogens is 3. The Morgan fingerprint density at radius 1 is 0.853 bits per heavy atom. The molecule has 34 heavy (non-hydrogen) atoms. The van der Waals surface area contributed by atoms with E-state index in [9.17, 15) is 9.18 Å². The number of H-pyrrole nitrogens is 1. The van der Waals surface area contributed by atoms with Gasteiger partial charge in [-0.05, 0) is 70.8 Å². The molecule has 0 radical (unpaired) electrons. The molecule has 168 valence electrons. The summed E-state index contributed by atoms with van der Waals surface area (Å²) in [6.45, 7) is 0. The lowest BCUT2D eigenvalue weighted by Gasteiger charge is -2.18. The van der Waals surface area contributed by atoms with E-state index in [4.69, 9.17) is 23.2 Å². The number of hydrogen-bond acceptors (Lipinski definition) is 2. The molecule has 0 amide bonds. The second kappa shape index (κ2) is 9.59. The van der Waals surface area contributed by atoms with Crippen LogP contribution in [0.5, 0.6) is 0 Å². The van der Waals surface area contributed by atoms with Gasteiger partial charge in [0.25, 0.3) is 0 Å². The van der Waals surface area contributed by atoms with Crippen molar-refractivity contribution in [2.24, 2.45) is 0 Å². The predicted molar refractivity (Wildman–Crippen MR) is 142 cm³/mol. The number of aromatic nitrogens is 1. The minimum absolute atomic E-state index is 0.0499. The van der Waals surface area contributed by atoms with E-state index < -0.39 is 0 Å². The van der Waals surface area contributed by atoms with Gasteiger partial charge in [-0.3, -0.25) is 4.79 Å². The van der Waals surface area contributed by atoms with E-state index in [0.29, 0.717) is 5.02 Å². The fourth-order valence-corrected chi connectivity index (χ4v) is 5.41. The molecule has 3 aromatic carbocycles. The van der Waals surface area contributed by atoms with Gasteiger partial charge in [-0.1, -0.05) is 65.7 Å². The van der Waals surface area contributed by atoms with Crippen LogP contribution in [0.1, 0.15) is 33.0 Å². The fraction of sp³-hybridized carbons (Fsp3) is 0.0357. The first-order valence-corrected chi connectivity index (χ1v) is 12.1. The third-order valence-corrected chi connectivity index (χ3v) is 7.17. The number of thiophene rings is 1. The molecule has 1 unspecified atom stereocenters. The second-order valence-electron chi connectivity index (χ2n) is 7.91. The van der Waals surface area contributed by atoms with Crippen LogP contribution in [0, 0.1) is 5.82 Å². The van der Waals surface area contributed by atoms with Crippen LogP contribution in [0.2, 0.25) is 9.36 Å². The second-order valence-corrected chi connectivity index (χ2v) is 10.1. The molecule has 0 bridgehead atoms. The van der Waals surface area contributed by atoms with Crippen molar-refractivity contribution in [3.63, 3.8) is 0 Å². The zero-order valence-corrected chi connectivity index (χ0v) is 20.1. The van der Waals surface area contributed by atoms with Crippen LogP contribution in [0.25, 0.3) is 23.1 Å². The highest BCUT2D eigenvalue weighted by atomic mass is 35.5. The summed E-state index contributed by atoms with van der Waals surface area (Å²) in [5.41, 5.74) is 4.15. The van der Waals surface area contributed by atoms with Crippen molar-refractivity contribution in [2.75, 3.05) is 0 Å². The first kappa shape index (κ1) is 22.6. The maximum atomic E-state index is 13.6. The zero-order chi connectivity index (χ0) is 23.7. The van der Waals surface area contributed by atoms with Crippen LogP contribution in [0.4, 0.5) is 4.39 Å². The van der Waals surface area contributed by atoms with Gasteiger partial charge in [0.1, 0.15) is 5.82 Å². The molecule has 2 heterocycles. The molecular formula is C28H18Cl2FNOS. The van der Waals surface area contributed by atoms with Crippen LogP contribution in [-0.4, -0.2) is 4.98 Å². The van der Waals surface area contributed by atoms with Crippen molar-refractivity contribution in [1.29, 1.82) is 0 Å². The lowest BCUT2D eigenvalue weighted by molar-refractivity contribution is 0.627. The van der Waals surface area contributed by atoms with Gasteiger partial charge in [0.15, 0.2) is 0 Å². The molecule has 0 spiro atoms. The molecule has 5 aromatic rings. The van der Waals surface area contributed by atoms with Crippen LogP contribution in [0.3, 0.4) is 0 Å². The van der Waals surface area contributed by atoms with E-state index in [1.165, 1.54) is 23.5 Å². The van der Waals surface area contributed by atoms with Gasteiger partial charge < -0.3 is 4.98 Å². The standard InChI is InChI=1S/C28H18Cl2FNOS/c29-21-9-6-18(7-10-21)28(25-12-13-26(30)34-25)20-8-11-24-23(15-20)19(16-27(33)32-24)5-4-17-2-1-3-22(31)14-17/h1-16,28H,(H,32,33)/b5-4+. The van der Waals surface area contributed by atoms with Gasteiger partial charge in [-0.2, -0.15) is 0 Å². The minimum Gasteiger partial charge on any atom is -0.322 e. The normalized spacial score (nSPS) is 12.4. The highest BCUT2D eigenvalue weighted by Gasteiger charge is 2.20. The predicted octanol–water partition coefficient (Wildman–Crippen LogP) is 8.39. The molecule has 0 aliphatic carbocycles. The smallest absolute Gasteiger partial charge is 0.249 e. The van der Waals surface area contributed by atoms with Crippen molar-refractivity contribution >= 4 is 57.6 Å². The number of aromatic amines is 1. The Morgan fingerprint density at radius 2 is 1.65 bits per heavy atom. The van der Waals surface area contributed by atoms with Crippen molar-refractivity contribution < 1.29 is 4.39 Å². The van der Waals surface area contributed by atoms with Crippen LogP contribution < -0.4 is 5.56 Å². The Morgan fingerprint density at radius 3 is 2.38 bits per heavy atom. The van der Waals surface area contributed by atoms with E-state index in [1.807, 2.05) is 60.7 Å². The van der Waals surface area contributed by atoms with Crippen molar-refractivity contribution in [3.8, 4) is 0 Å². The van der Waals surface area contributed by atoms with E-state index >= 15 is 0 Å². The first-order chi connectivity index (χ1) is 16.5. The Kier molecular flexibility index (Phi) is 6.38. The maximum Gasteiger partial charge on any atom is 0.249 e. The van der Waals surface area contributed by atoms with Gasteiger partial charge in [0, 0.05) is 32.8 Å². The van der Waals surface area contributed by atoms with Crippen molar-refractivity contribution in [2.45, 2.75) is 5.92 Å². The number of nitrogens with one attached hydrogen (secondary N) is 1. The zero-order valence-electron chi connectivity index (χ0n) is 17.8. The van der Waals surface area contributed by atoms with Gasteiger partial charge in [0.05, 0.1) is 4.34 Å². The van der Waals surface area contributed by atoms with Crippen molar-refractivity contribution in [3.05, 3.63) is 138 Å². The number of benzene rings is 3. The molecular weight excluding hydrogens is 488 g/mol. The third-order valence-electron chi connectivity index (χ3n) is 5.62. The lowest BCUT2D eigenvalue weighted by Crippen LogP contribution is -2.06. The molecule has 0 aliphatic rings. The molecule has 5 rings (SSSR count). The average Bonchev–Trinajstić information content (AvgIpc) is 3.24. The Balaban J connectivity index is 1.65. The Bertz CT molecular complexity index is 1570. The monoisotopic (exact) mass is 505 g/mol. The van der Waals surface area contributed by atoms with E-state index in [1.54, 1.807) is 18.2 Å². The van der Waals surface area contributed by atoms with Gasteiger partial charge in [0.2, 0.25) is 5.56 Å². The van der Waals surface area contributed by atoms with E-state index in [0.717, 1.165) is 42.4 Å². The summed E-state index contributed by atoms with van der Waals surface area (Å²) in [6.07, 6.45) is 3.65. The number of rotatable bonds is 5. The molecule has 2 aromatic heterocycles. The highest BCUT2D eigenvalue weighted by molar-refractivity contribution is 7.16. The summed E-state index contributed by atoms with van der Waals surface area (Å²) >= 11 is 13.9. The Hall–Kier alpha value is -3.18. The quantitative estimate of drug-likeness (QED) is 0.255. The van der Waals surface area contributed by atoms with Gasteiger partial charge in [-0.25, -0.2) is 4.39 Å². The molecule has 0 saturated carbocycles. The Labute approximate surface area is 209 Å². The van der Waals surface area contributed by atoms with Crippen LogP contribution >= 0.6 is 34.5 Å². The van der Waals surface area contributed by atoms with Crippen LogP contribution in [-0.2, 0) is 0 Å². The summed E-state index contributed by atoms with van der Waals surface area (Å²) in [5, 5.41) is 1.57. The third kappa shape index (κ3) is 4.85. The summed E-state index contributed by atoms with van der Waals surface area (Å²) in [5.74, 6) is -0.355. The molecule has 2 nitrogen and oxygen atoms in total. The summed E-state index contributed by atoms with van der Waals surface area (Å²) in [6, 6.07) is 25.6. The van der Waals surface area contributed by atoms with Gasteiger partial charge >= 0.3 is 0 Å². The number of hydrogen-bond donors (Lipinski definition) is 1. The van der Waals surface area contributed by atoms with E-state index in [2.05, 4.69) is 11.1 Å². The minimum atomic E-state index is -0.305. The van der Waals surface area contributed by atoms with Crippen LogP contribution in [0.15, 0.2) is 89.7 Å². The number of pyridine rings is 1. The topological polar surface area (TPSA) is 32.9 Å². The first-order valence-electron chi connectivity index (χ1n) is 10.6. The molecule has 1 N–H and O–H groups in total. The molecule has 0 saturated heterocycles. The van der Waals surface area contributed by atoms with Gasteiger partial charge in [-0.15, -0.1) is 11.3 Å². The SMILES string of the molecule is O=c1cc(/C=C/c2cccc(F)c2)c2cc(C(c3ccc(Cl)cc3)c3ccc(Cl)s3)ccc2[nH]1. The number of fused-ring (bicyclic) bond motifs is 1. The largest absolute Gasteiger partial charge is 0.322 e. The van der Waals surface area contributed by atoms with E-state index in [-0.39, 0.29) is 17.3 Å². The summed E-state index contributed by atoms with van der Waals surface area (Å²) in [7, 11) is 0. The molecule has 0 fully saturated rings. The molecule has 0 aliphatic heterocycles. The van der Waals surface area contributed by atoms with Crippen molar-refractivity contribution in [1.82, 2.24) is 4.98 Å².